The van der Waals surface area contributed by atoms with Crippen LogP contribution >= 0.6 is 0 Å². The number of carbonyl (C=O) groups is 2. The van der Waals surface area contributed by atoms with Gasteiger partial charge in [-0.1, -0.05) is 55.8 Å². The first-order chi connectivity index (χ1) is 16.7. The predicted octanol–water partition coefficient (Wildman–Crippen LogP) is 4.32. The second kappa shape index (κ2) is 13.4. The summed E-state index contributed by atoms with van der Waals surface area (Å²) in [6.45, 7) is 2.97. The van der Waals surface area contributed by atoms with E-state index < -0.39 is 5.91 Å². The highest BCUT2D eigenvalue weighted by molar-refractivity contribution is 5.96. The third-order valence-electron chi connectivity index (χ3n) is 4.84. The first kappa shape index (κ1) is 24.5. The van der Waals surface area contributed by atoms with Gasteiger partial charge in [0.05, 0.1) is 19.4 Å². The van der Waals surface area contributed by atoms with Crippen LogP contribution in [0.1, 0.15) is 41.3 Å². The molecule has 0 aliphatic carbocycles. The van der Waals surface area contributed by atoms with E-state index in [-0.39, 0.29) is 12.5 Å². The van der Waals surface area contributed by atoms with Gasteiger partial charge >= 0.3 is 0 Å². The highest BCUT2D eigenvalue weighted by atomic mass is 16.5. The summed E-state index contributed by atoms with van der Waals surface area (Å²) in [7, 11) is 0. The molecule has 2 amide bonds. The first-order valence-electron chi connectivity index (χ1n) is 11.2. The fourth-order valence-corrected chi connectivity index (χ4v) is 2.97. The van der Waals surface area contributed by atoms with Gasteiger partial charge in [0.25, 0.3) is 11.8 Å². The van der Waals surface area contributed by atoms with Crippen LogP contribution in [0.5, 0.6) is 11.5 Å². The summed E-state index contributed by atoms with van der Waals surface area (Å²) < 4.78 is 11.5. The maximum atomic E-state index is 12.3. The second-order valence-corrected chi connectivity index (χ2v) is 7.51. The molecule has 3 aromatic carbocycles. The number of benzene rings is 3. The van der Waals surface area contributed by atoms with E-state index in [1.54, 1.807) is 24.3 Å². The Morgan fingerprint density at radius 2 is 1.65 bits per heavy atom. The Morgan fingerprint density at radius 1 is 0.912 bits per heavy atom. The molecular formula is C27H29N3O4. The molecule has 3 aromatic rings. The third kappa shape index (κ3) is 8.09. The lowest BCUT2D eigenvalue weighted by molar-refractivity contribution is -0.120. The molecule has 0 aromatic heterocycles. The molecule has 0 aliphatic heterocycles. The number of hydrogen-bond donors (Lipinski definition) is 2. The van der Waals surface area contributed by atoms with Gasteiger partial charge in [0.15, 0.2) is 0 Å². The number of unbranched alkanes of at least 4 members (excludes halogenated alkanes) is 1. The van der Waals surface area contributed by atoms with E-state index in [1.807, 2.05) is 54.6 Å². The van der Waals surface area contributed by atoms with E-state index in [2.05, 4.69) is 22.8 Å². The van der Waals surface area contributed by atoms with Crippen LogP contribution in [0.25, 0.3) is 0 Å². The highest BCUT2D eigenvalue weighted by Crippen LogP contribution is 2.17. The lowest BCUT2D eigenvalue weighted by Crippen LogP contribution is -2.34. The molecule has 34 heavy (non-hydrogen) atoms. The van der Waals surface area contributed by atoms with Crippen LogP contribution in [0.2, 0.25) is 0 Å². The Labute approximate surface area is 199 Å². The second-order valence-electron chi connectivity index (χ2n) is 7.51. The summed E-state index contributed by atoms with van der Waals surface area (Å²) >= 11 is 0. The molecule has 0 heterocycles. The molecule has 176 valence electrons. The van der Waals surface area contributed by atoms with Crippen LogP contribution in [-0.4, -0.2) is 31.2 Å². The number of nitrogens with one attached hydrogen (secondary N) is 2. The molecule has 0 fully saturated rings. The van der Waals surface area contributed by atoms with E-state index in [0.29, 0.717) is 30.3 Å². The van der Waals surface area contributed by atoms with Crippen LogP contribution in [0.15, 0.2) is 84.0 Å². The van der Waals surface area contributed by atoms with Crippen LogP contribution in [0.4, 0.5) is 0 Å². The molecule has 3 rings (SSSR count). The molecule has 0 aliphatic rings. The minimum absolute atomic E-state index is 0.197. The van der Waals surface area contributed by atoms with E-state index in [1.165, 1.54) is 6.21 Å². The molecule has 0 radical (unpaired) electrons. The number of para-hydroxylation sites is 1. The van der Waals surface area contributed by atoms with Crippen molar-refractivity contribution in [3.63, 3.8) is 0 Å². The van der Waals surface area contributed by atoms with E-state index in [9.17, 15) is 9.59 Å². The molecule has 0 unspecified atom stereocenters. The highest BCUT2D eigenvalue weighted by Gasteiger charge is 2.08. The Morgan fingerprint density at radius 3 is 2.41 bits per heavy atom. The molecule has 0 atom stereocenters. The van der Waals surface area contributed by atoms with Gasteiger partial charge in [-0.25, -0.2) is 5.43 Å². The Bertz CT molecular complexity index is 1080. The van der Waals surface area contributed by atoms with Crippen molar-refractivity contribution < 1.29 is 19.1 Å². The summed E-state index contributed by atoms with van der Waals surface area (Å²) in [6, 6.07) is 24.1. The summed E-state index contributed by atoms with van der Waals surface area (Å²) in [5, 5.41) is 6.56. The molecule has 7 nitrogen and oxygen atoms in total. The summed E-state index contributed by atoms with van der Waals surface area (Å²) in [6.07, 6.45) is 3.55. The number of hydrazone groups is 1. The van der Waals surface area contributed by atoms with Gasteiger partial charge < -0.3 is 14.8 Å². The van der Waals surface area contributed by atoms with Crippen molar-refractivity contribution in [2.75, 3.05) is 13.2 Å². The maximum absolute atomic E-state index is 12.3. The monoisotopic (exact) mass is 459 g/mol. The zero-order valence-corrected chi connectivity index (χ0v) is 19.2. The van der Waals surface area contributed by atoms with Crippen LogP contribution in [0, 0.1) is 0 Å². The summed E-state index contributed by atoms with van der Waals surface area (Å²) in [5.74, 6) is 0.579. The zero-order valence-electron chi connectivity index (χ0n) is 19.2. The Hall–Kier alpha value is -4.13. The van der Waals surface area contributed by atoms with Crippen LogP contribution in [-0.2, 0) is 11.4 Å². The van der Waals surface area contributed by atoms with Crippen molar-refractivity contribution >= 4 is 18.0 Å². The number of nitrogens with zero attached hydrogens (tertiary/aromatic N) is 1. The van der Waals surface area contributed by atoms with Gasteiger partial charge in [-0.05, 0) is 48.4 Å². The Balaban J connectivity index is 1.44. The van der Waals surface area contributed by atoms with Crippen molar-refractivity contribution in [2.24, 2.45) is 5.10 Å². The van der Waals surface area contributed by atoms with Crippen LogP contribution < -0.4 is 20.2 Å². The van der Waals surface area contributed by atoms with Gasteiger partial charge in [-0.2, -0.15) is 5.10 Å². The molecule has 0 saturated heterocycles. The summed E-state index contributed by atoms with van der Waals surface area (Å²) in [5.41, 5.74) is 4.64. The fourth-order valence-electron chi connectivity index (χ4n) is 2.97. The quantitative estimate of drug-likeness (QED) is 0.240. The standard InChI is InChI=1S/C27H29N3O4/c1-2-3-17-33-24-15-13-22(14-16-24)27(32)28-19-26(31)30-29-18-23-11-7-8-12-25(23)34-20-21-9-5-4-6-10-21/h4-16,18H,2-3,17,19-20H2,1H3,(H,28,32)(H,30,31)/b29-18+. The molecule has 2 N–H and O–H groups in total. The lowest BCUT2D eigenvalue weighted by Gasteiger charge is -2.09. The first-order valence-corrected chi connectivity index (χ1v) is 11.2. The average molecular weight is 460 g/mol. The molecule has 0 saturated carbocycles. The third-order valence-corrected chi connectivity index (χ3v) is 4.84. The predicted molar refractivity (Wildman–Crippen MR) is 132 cm³/mol. The number of amides is 2. The van der Waals surface area contributed by atoms with Gasteiger partial charge in [0.2, 0.25) is 0 Å². The Kier molecular flexibility index (Phi) is 9.68. The number of ether oxygens (including phenoxy) is 2. The minimum atomic E-state index is -0.438. The minimum Gasteiger partial charge on any atom is -0.494 e. The number of rotatable bonds is 12. The molecule has 0 spiro atoms. The zero-order chi connectivity index (χ0) is 24.0. The number of carbonyl (C=O) groups excluding carboxylic acids is 2. The van der Waals surface area contributed by atoms with Gasteiger partial charge in [0.1, 0.15) is 18.1 Å². The van der Waals surface area contributed by atoms with Crippen molar-refractivity contribution in [1.82, 2.24) is 10.7 Å². The smallest absolute Gasteiger partial charge is 0.259 e. The van der Waals surface area contributed by atoms with E-state index >= 15 is 0 Å². The largest absolute Gasteiger partial charge is 0.494 e. The lowest BCUT2D eigenvalue weighted by atomic mass is 10.2. The topological polar surface area (TPSA) is 89.0 Å². The van der Waals surface area contributed by atoms with Crippen molar-refractivity contribution in [3.8, 4) is 11.5 Å². The normalized spacial score (nSPS) is 10.6. The molecule has 0 bridgehead atoms. The van der Waals surface area contributed by atoms with E-state index in [0.717, 1.165) is 24.0 Å². The average Bonchev–Trinajstić information content (AvgIpc) is 2.88. The van der Waals surface area contributed by atoms with Crippen LogP contribution in [0.3, 0.4) is 0 Å². The summed E-state index contributed by atoms with van der Waals surface area (Å²) in [4.78, 5) is 24.3. The van der Waals surface area contributed by atoms with Crippen molar-refractivity contribution in [2.45, 2.75) is 26.4 Å². The van der Waals surface area contributed by atoms with Crippen molar-refractivity contribution in [1.29, 1.82) is 0 Å². The van der Waals surface area contributed by atoms with Crippen molar-refractivity contribution in [3.05, 3.63) is 95.6 Å². The van der Waals surface area contributed by atoms with Gasteiger partial charge in [-0.15, -0.1) is 0 Å². The van der Waals surface area contributed by atoms with E-state index in [4.69, 9.17) is 9.47 Å². The SMILES string of the molecule is CCCCOc1ccc(C(=O)NCC(=O)N/N=C/c2ccccc2OCc2ccccc2)cc1. The molecule has 7 heteroatoms. The molecular weight excluding hydrogens is 430 g/mol. The van der Waals surface area contributed by atoms with Gasteiger partial charge in [0, 0.05) is 11.1 Å². The maximum Gasteiger partial charge on any atom is 0.259 e. The van der Waals surface area contributed by atoms with Gasteiger partial charge in [-0.3, -0.25) is 9.59 Å². The fraction of sp³-hybridized carbons (Fsp3) is 0.222. The number of hydrogen-bond acceptors (Lipinski definition) is 5.